The second kappa shape index (κ2) is 6.08. The van der Waals surface area contributed by atoms with Crippen LogP contribution in [0.15, 0.2) is 24.3 Å². The molecule has 1 atom stereocenters. The van der Waals surface area contributed by atoms with Gasteiger partial charge in [0.2, 0.25) is 0 Å². The lowest BCUT2D eigenvalue weighted by Gasteiger charge is -2.06. The molecule has 0 aliphatic carbocycles. The molecular weight excluding hydrogens is 264 g/mol. The summed E-state index contributed by atoms with van der Waals surface area (Å²) >= 11 is -2.52. The number of alkyl halides is 3. The van der Waals surface area contributed by atoms with E-state index in [-0.39, 0.29) is 6.61 Å². The summed E-state index contributed by atoms with van der Waals surface area (Å²) in [5.41, 5.74) is 0.342. The van der Waals surface area contributed by atoms with Gasteiger partial charge in [0, 0.05) is 0 Å². The van der Waals surface area contributed by atoms with Crippen LogP contribution in [-0.2, 0) is 26.3 Å². The molecule has 0 amide bonds. The predicted molar refractivity (Wildman–Crippen MR) is 51.3 cm³/mol. The Morgan fingerprint density at radius 2 is 1.94 bits per heavy atom. The Morgan fingerprint density at radius 1 is 1.24 bits per heavy atom. The van der Waals surface area contributed by atoms with E-state index in [2.05, 4.69) is 8.37 Å². The molecule has 1 unspecified atom stereocenters. The lowest BCUT2D eigenvalue weighted by atomic mass is 10.2. The van der Waals surface area contributed by atoms with Crippen molar-refractivity contribution in [3.8, 4) is 0 Å². The average molecular weight is 272 g/mol. The molecule has 0 N–H and O–H groups in total. The van der Waals surface area contributed by atoms with Crippen LogP contribution in [0.3, 0.4) is 0 Å². The zero-order valence-corrected chi connectivity index (χ0v) is 9.18. The van der Waals surface area contributed by atoms with Crippen LogP contribution >= 0.6 is 0 Å². The van der Waals surface area contributed by atoms with Gasteiger partial charge in [-0.1, -0.05) is 12.1 Å². The molecule has 3 nitrogen and oxygen atoms in total. The van der Waals surface area contributed by atoms with E-state index in [1.807, 2.05) is 0 Å². The molecule has 8 heteroatoms. The first-order valence-electron chi connectivity index (χ1n) is 4.36. The first-order valence-corrected chi connectivity index (χ1v) is 5.36. The Labute approximate surface area is 97.2 Å². The van der Waals surface area contributed by atoms with E-state index in [0.717, 1.165) is 6.07 Å². The highest BCUT2D eigenvalue weighted by molar-refractivity contribution is 7.75. The third-order valence-corrected chi connectivity index (χ3v) is 2.15. The van der Waals surface area contributed by atoms with Crippen molar-refractivity contribution in [2.45, 2.75) is 12.8 Å². The summed E-state index contributed by atoms with van der Waals surface area (Å²) in [6.07, 6.45) is -4.57. The van der Waals surface area contributed by atoms with Crippen LogP contribution in [0, 0.1) is 5.82 Å². The largest absolute Gasteiger partial charge is 0.413 e. The first kappa shape index (κ1) is 14.1. The molecule has 0 radical (unpaired) electrons. The molecule has 0 spiro atoms. The fourth-order valence-corrected chi connectivity index (χ4v) is 1.42. The van der Waals surface area contributed by atoms with Crippen molar-refractivity contribution in [1.29, 1.82) is 0 Å². The van der Waals surface area contributed by atoms with Gasteiger partial charge in [-0.05, 0) is 17.7 Å². The van der Waals surface area contributed by atoms with E-state index in [1.165, 1.54) is 18.2 Å². The van der Waals surface area contributed by atoms with Gasteiger partial charge in [0.25, 0.3) is 0 Å². The molecule has 0 bridgehead atoms. The molecule has 96 valence electrons. The Bertz CT molecular complexity index is 394. The van der Waals surface area contributed by atoms with E-state index in [0.29, 0.717) is 5.56 Å². The molecule has 1 rings (SSSR count). The lowest BCUT2D eigenvalue weighted by molar-refractivity contribution is -0.153. The maximum atomic E-state index is 12.7. The SMILES string of the molecule is O=S(OCc1cccc(F)c1)OCC(F)(F)F. The molecule has 0 heterocycles. The minimum Gasteiger partial charge on any atom is -0.264 e. The van der Waals surface area contributed by atoms with Gasteiger partial charge < -0.3 is 0 Å². The molecule has 1 aromatic rings. The molecule has 0 saturated carbocycles. The summed E-state index contributed by atoms with van der Waals surface area (Å²) < 4.78 is 66.9. The van der Waals surface area contributed by atoms with Crippen LogP contribution in [0.25, 0.3) is 0 Å². The van der Waals surface area contributed by atoms with E-state index in [4.69, 9.17) is 0 Å². The number of rotatable bonds is 5. The van der Waals surface area contributed by atoms with Gasteiger partial charge in [-0.15, -0.1) is 0 Å². The highest BCUT2D eigenvalue weighted by Crippen LogP contribution is 2.15. The number of halogens is 4. The Morgan fingerprint density at radius 3 is 2.53 bits per heavy atom. The second-order valence-corrected chi connectivity index (χ2v) is 3.85. The zero-order valence-electron chi connectivity index (χ0n) is 8.37. The minimum atomic E-state index is -4.57. The topological polar surface area (TPSA) is 35.5 Å². The first-order chi connectivity index (χ1) is 7.87. The third-order valence-electron chi connectivity index (χ3n) is 1.53. The van der Waals surface area contributed by atoms with E-state index in [9.17, 15) is 21.8 Å². The van der Waals surface area contributed by atoms with Crippen LogP contribution in [0.5, 0.6) is 0 Å². The van der Waals surface area contributed by atoms with Crippen LogP contribution in [0.4, 0.5) is 17.6 Å². The fourth-order valence-electron chi connectivity index (χ4n) is 0.892. The monoisotopic (exact) mass is 272 g/mol. The van der Waals surface area contributed by atoms with Gasteiger partial charge in [0.15, 0.2) is 6.61 Å². The summed E-state index contributed by atoms with van der Waals surface area (Å²) in [5.74, 6) is -0.520. The van der Waals surface area contributed by atoms with Crippen molar-refractivity contribution >= 4 is 11.4 Å². The summed E-state index contributed by atoms with van der Waals surface area (Å²) in [4.78, 5) is 0. The Hall–Kier alpha value is -0.990. The number of hydrogen-bond acceptors (Lipinski definition) is 3. The maximum absolute atomic E-state index is 12.7. The summed E-state index contributed by atoms with van der Waals surface area (Å²) in [7, 11) is 0. The van der Waals surface area contributed by atoms with Gasteiger partial charge in [-0.3, -0.25) is 8.37 Å². The van der Waals surface area contributed by atoms with Crippen molar-refractivity contribution < 1.29 is 30.1 Å². The summed E-state index contributed by atoms with van der Waals surface area (Å²) in [6.45, 7) is -1.97. The van der Waals surface area contributed by atoms with Crippen LogP contribution in [0.1, 0.15) is 5.56 Å². The fraction of sp³-hybridized carbons (Fsp3) is 0.333. The van der Waals surface area contributed by atoms with Crippen LogP contribution in [0.2, 0.25) is 0 Å². The van der Waals surface area contributed by atoms with E-state index >= 15 is 0 Å². The smallest absolute Gasteiger partial charge is 0.264 e. The van der Waals surface area contributed by atoms with Crippen LogP contribution < -0.4 is 0 Å². The van der Waals surface area contributed by atoms with Gasteiger partial charge in [-0.25, -0.2) is 4.39 Å². The average Bonchev–Trinajstić information content (AvgIpc) is 2.23. The number of benzene rings is 1. The maximum Gasteiger partial charge on any atom is 0.413 e. The van der Waals surface area contributed by atoms with Crippen molar-refractivity contribution in [2.24, 2.45) is 0 Å². The van der Waals surface area contributed by atoms with E-state index < -0.39 is 30.0 Å². The molecule has 0 saturated heterocycles. The van der Waals surface area contributed by atoms with Gasteiger partial charge >= 0.3 is 17.5 Å². The highest BCUT2D eigenvalue weighted by Gasteiger charge is 2.29. The van der Waals surface area contributed by atoms with Crippen molar-refractivity contribution in [3.63, 3.8) is 0 Å². The summed E-state index contributed by atoms with van der Waals surface area (Å²) in [5, 5.41) is 0. The van der Waals surface area contributed by atoms with Crippen molar-refractivity contribution in [1.82, 2.24) is 0 Å². The van der Waals surface area contributed by atoms with E-state index in [1.54, 1.807) is 0 Å². The molecule has 0 fully saturated rings. The van der Waals surface area contributed by atoms with Gasteiger partial charge in [0.05, 0.1) is 6.61 Å². The molecule has 0 aliphatic rings. The van der Waals surface area contributed by atoms with Gasteiger partial charge in [0.1, 0.15) is 5.82 Å². The second-order valence-electron chi connectivity index (χ2n) is 2.97. The molecular formula is C9H8F4O3S. The minimum absolute atomic E-state index is 0.303. The molecule has 1 aromatic carbocycles. The molecule has 0 aromatic heterocycles. The standard InChI is InChI=1S/C9H8F4O3S/c10-8-3-1-2-7(4-8)5-15-17(14)16-6-9(11,12)13/h1-4H,5-6H2. The molecule has 0 aliphatic heterocycles. The Balaban J connectivity index is 2.33. The summed E-state index contributed by atoms with van der Waals surface area (Å²) in [6, 6.07) is 5.18. The quantitative estimate of drug-likeness (QED) is 0.772. The normalized spacial score (nSPS) is 13.6. The van der Waals surface area contributed by atoms with Crippen molar-refractivity contribution in [2.75, 3.05) is 6.61 Å². The lowest BCUT2D eigenvalue weighted by Crippen LogP contribution is -2.18. The van der Waals surface area contributed by atoms with Crippen LogP contribution in [-0.4, -0.2) is 17.0 Å². The highest BCUT2D eigenvalue weighted by atomic mass is 32.2. The predicted octanol–water partition coefficient (Wildman–Crippen LogP) is 2.50. The van der Waals surface area contributed by atoms with Crippen molar-refractivity contribution in [3.05, 3.63) is 35.6 Å². The molecule has 17 heavy (non-hydrogen) atoms. The number of hydrogen-bond donors (Lipinski definition) is 0. The Kier molecular flexibility index (Phi) is 5.03. The zero-order chi connectivity index (χ0) is 12.9. The van der Waals surface area contributed by atoms with Gasteiger partial charge in [-0.2, -0.15) is 17.4 Å². The third kappa shape index (κ3) is 6.35.